The van der Waals surface area contributed by atoms with Gasteiger partial charge in [-0.1, -0.05) is 25.0 Å². The molecule has 1 aliphatic heterocycles. The van der Waals surface area contributed by atoms with Gasteiger partial charge in [0.2, 0.25) is 0 Å². The summed E-state index contributed by atoms with van der Waals surface area (Å²) in [5.74, 6) is 0.218. The van der Waals surface area contributed by atoms with E-state index in [-0.39, 0.29) is 5.78 Å². The molecule has 20 heavy (non-hydrogen) atoms. The molecule has 1 aromatic carbocycles. The van der Waals surface area contributed by atoms with Gasteiger partial charge in [0.25, 0.3) is 0 Å². The van der Waals surface area contributed by atoms with Gasteiger partial charge in [-0.05, 0) is 57.5 Å². The number of carbonyl (C=O) groups excluding carboxylic acids is 1. The standard InChI is InChI=1S/C17H26N2O/c18-16-9-7-8-15(14-16)17(20)10-3-1-4-11-19-12-5-2-6-13-19/h7-9,14H,1-6,10-13,18H2. The fourth-order valence-electron chi connectivity index (χ4n) is 2.84. The van der Waals surface area contributed by atoms with Crippen molar-refractivity contribution in [1.82, 2.24) is 4.90 Å². The normalized spacial score (nSPS) is 16.2. The van der Waals surface area contributed by atoms with Crippen LogP contribution in [0.15, 0.2) is 24.3 Å². The average molecular weight is 274 g/mol. The summed E-state index contributed by atoms with van der Waals surface area (Å²) in [4.78, 5) is 14.6. The molecular formula is C17H26N2O. The number of unbranched alkanes of at least 4 members (excludes halogenated alkanes) is 2. The molecule has 0 unspecified atom stereocenters. The van der Waals surface area contributed by atoms with Crippen molar-refractivity contribution in [2.24, 2.45) is 0 Å². The Hall–Kier alpha value is -1.35. The van der Waals surface area contributed by atoms with Crippen LogP contribution in [0.5, 0.6) is 0 Å². The molecule has 2 N–H and O–H groups in total. The second-order valence-electron chi connectivity index (χ2n) is 5.76. The van der Waals surface area contributed by atoms with Gasteiger partial charge in [0, 0.05) is 17.7 Å². The van der Waals surface area contributed by atoms with Gasteiger partial charge in [0.1, 0.15) is 0 Å². The van der Waals surface area contributed by atoms with Crippen LogP contribution in [0.1, 0.15) is 55.3 Å². The van der Waals surface area contributed by atoms with Crippen molar-refractivity contribution in [3.63, 3.8) is 0 Å². The minimum absolute atomic E-state index is 0.218. The smallest absolute Gasteiger partial charge is 0.162 e. The number of hydrogen-bond donors (Lipinski definition) is 1. The first kappa shape index (κ1) is 15.0. The van der Waals surface area contributed by atoms with Crippen LogP contribution in [0.2, 0.25) is 0 Å². The van der Waals surface area contributed by atoms with Crippen LogP contribution in [-0.4, -0.2) is 30.3 Å². The number of likely N-dealkylation sites (tertiary alicyclic amines) is 1. The predicted molar refractivity (Wildman–Crippen MR) is 83.9 cm³/mol. The Morgan fingerprint density at radius 3 is 2.65 bits per heavy atom. The summed E-state index contributed by atoms with van der Waals surface area (Å²) < 4.78 is 0. The zero-order chi connectivity index (χ0) is 14.2. The molecule has 0 radical (unpaired) electrons. The van der Waals surface area contributed by atoms with E-state index >= 15 is 0 Å². The lowest BCUT2D eigenvalue weighted by Crippen LogP contribution is -2.30. The molecule has 3 heteroatoms. The van der Waals surface area contributed by atoms with E-state index in [1.54, 1.807) is 6.07 Å². The number of benzene rings is 1. The number of hydrogen-bond acceptors (Lipinski definition) is 3. The Morgan fingerprint density at radius 2 is 1.90 bits per heavy atom. The van der Waals surface area contributed by atoms with E-state index in [2.05, 4.69) is 4.90 Å². The van der Waals surface area contributed by atoms with E-state index in [0.29, 0.717) is 12.1 Å². The third-order valence-corrected chi connectivity index (χ3v) is 4.04. The number of Topliss-reactive ketones (excluding diaryl/α,β-unsaturated/α-hetero) is 1. The number of piperidine rings is 1. The molecule has 0 saturated carbocycles. The fourth-order valence-corrected chi connectivity index (χ4v) is 2.84. The van der Waals surface area contributed by atoms with Crippen LogP contribution in [0.4, 0.5) is 5.69 Å². The van der Waals surface area contributed by atoms with E-state index in [0.717, 1.165) is 18.4 Å². The van der Waals surface area contributed by atoms with Gasteiger partial charge in [-0.25, -0.2) is 0 Å². The largest absolute Gasteiger partial charge is 0.399 e. The zero-order valence-corrected chi connectivity index (χ0v) is 12.3. The first-order valence-corrected chi connectivity index (χ1v) is 7.87. The molecule has 1 fully saturated rings. The SMILES string of the molecule is Nc1cccc(C(=O)CCCCCN2CCCCC2)c1. The maximum absolute atomic E-state index is 12.0. The summed E-state index contributed by atoms with van der Waals surface area (Å²) in [5, 5.41) is 0. The van der Waals surface area contributed by atoms with Crippen molar-refractivity contribution in [2.75, 3.05) is 25.4 Å². The predicted octanol–water partition coefficient (Wildman–Crippen LogP) is 3.50. The maximum Gasteiger partial charge on any atom is 0.162 e. The molecule has 110 valence electrons. The lowest BCUT2D eigenvalue weighted by molar-refractivity contribution is 0.0978. The van der Waals surface area contributed by atoms with Crippen molar-refractivity contribution in [3.05, 3.63) is 29.8 Å². The Labute approximate surface area is 122 Å². The van der Waals surface area contributed by atoms with Crippen LogP contribution in [-0.2, 0) is 0 Å². The third kappa shape index (κ3) is 4.97. The summed E-state index contributed by atoms with van der Waals surface area (Å²) in [5.41, 5.74) is 7.12. The summed E-state index contributed by atoms with van der Waals surface area (Å²) in [6, 6.07) is 7.29. The van der Waals surface area contributed by atoms with Gasteiger partial charge in [-0.2, -0.15) is 0 Å². The summed E-state index contributed by atoms with van der Waals surface area (Å²) in [6.45, 7) is 3.73. The van der Waals surface area contributed by atoms with E-state index in [1.165, 1.54) is 45.3 Å². The molecule has 1 aliphatic rings. The molecule has 0 aromatic heterocycles. The number of nitrogens with zero attached hydrogens (tertiary/aromatic N) is 1. The first-order chi connectivity index (χ1) is 9.75. The van der Waals surface area contributed by atoms with Crippen molar-refractivity contribution >= 4 is 11.5 Å². The Kier molecular flexibility index (Phi) is 6.06. The van der Waals surface area contributed by atoms with Gasteiger partial charge < -0.3 is 10.6 Å². The van der Waals surface area contributed by atoms with Crippen molar-refractivity contribution in [1.29, 1.82) is 0 Å². The van der Waals surface area contributed by atoms with Crippen LogP contribution in [0.3, 0.4) is 0 Å². The van der Waals surface area contributed by atoms with Gasteiger partial charge in [-0.15, -0.1) is 0 Å². The Bertz CT molecular complexity index is 425. The Balaban J connectivity index is 1.59. The molecule has 0 aliphatic carbocycles. The van der Waals surface area contributed by atoms with Crippen molar-refractivity contribution < 1.29 is 4.79 Å². The van der Waals surface area contributed by atoms with Crippen LogP contribution < -0.4 is 5.73 Å². The van der Waals surface area contributed by atoms with Crippen LogP contribution >= 0.6 is 0 Å². The van der Waals surface area contributed by atoms with Gasteiger partial charge in [0.15, 0.2) is 5.78 Å². The molecule has 2 rings (SSSR count). The van der Waals surface area contributed by atoms with E-state index in [1.807, 2.05) is 18.2 Å². The Morgan fingerprint density at radius 1 is 1.10 bits per heavy atom. The van der Waals surface area contributed by atoms with E-state index < -0.39 is 0 Å². The molecular weight excluding hydrogens is 248 g/mol. The number of nitrogens with two attached hydrogens (primary N) is 1. The highest BCUT2D eigenvalue weighted by atomic mass is 16.1. The summed E-state index contributed by atoms with van der Waals surface area (Å²) in [6.07, 6.45) is 8.09. The molecule has 1 heterocycles. The summed E-state index contributed by atoms with van der Waals surface area (Å²) >= 11 is 0. The number of anilines is 1. The minimum Gasteiger partial charge on any atom is -0.399 e. The van der Waals surface area contributed by atoms with Crippen LogP contribution in [0.25, 0.3) is 0 Å². The number of ketones is 1. The highest BCUT2D eigenvalue weighted by Crippen LogP contribution is 2.13. The fraction of sp³-hybridized carbons (Fsp3) is 0.588. The maximum atomic E-state index is 12.0. The zero-order valence-electron chi connectivity index (χ0n) is 12.3. The molecule has 0 bridgehead atoms. The van der Waals surface area contributed by atoms with Gasteiger partial charge in [0.05, 0.1) is 0 Å². The lowest BCUT2D eigenvalue weighted by atomic mass is 10.0. The topological polar surface area (TPSA) is 46.3 Å². The first-order valence-electron chi connectivity index (χ1n) is 7.87. The number of nitrogen functional groups attached to an aromatic ring is 1. The van der Waals surface area contributed by atoms with Gasteiger partial charge in [-0.3, -0.25) is 4.79 Å². The highest BCUT2D eigenvalue weighted by Gasteiger charge is 2.09. The minimum atomic E-state index is 0.218. The lowest BCUT2D eigenvalue weighted by Gasteiger charge is -2.26. The summed E-state index contributed by atoms with van der Waals surface area (Å²) in [7, 11) is 0. The van der Waals surface area contributed by atoms with Crippen LogP contribution in [0, 0.1) is 0 Å². The third-order valence-electron chi connectivity index (χ3n) is 4.04. The average Bonchev–Trinajstić information content (AvgIpc) is 2.48. The molecule has 1 aromatic rings. The number of carbonyl (C=O) groups is 1. The number of rotatable bonds is 7. The van der Waals surface area contributed by atoms with Crippen molar-refractivity contribution in [2.45, 2.75) is 44.9 Å². The molecule has 3 nitrogen and oxygen atoms in total. The second kappa shape index (κ2) is 8.05. The molecule has 0 spiro atoms. The van der Waals surface area contributed by atoms with Crippen molar-refractivity contribution in [3.8, 4) is 0 Å². The molecule has 0 atom stereocenters. The second-order valence-corrected chi connectivity index (χ2v) is 5.76. The van der Waals surface area contributed by atoms with Gasteiger partial charge >= 0.3 is 0 Å². The highest BCUT2D eigenvalue weighted by molar-refractivity contribution is 5.96. The van der Waals surface area contributed by atoms with E-state index in [9.17, 15) is 4.79 Å². The van der Waals surface area contributed by atoms with E-state index in [4.69, 9.17) is 5.73 Å². The quantitative estimate of drug-likeness (QED) is 0.470. The molecule has 0 amide bonds. The monoisotopic (exact) mass is 274 g/mol. The molecule has 1 saturated heterocycles.